The van der Waals surface area contributed by atoms with E-state index in [0.29, 0.717) is 19.4 Å². The Bertz CT molecular complexity index is 1030. The quantitative estimate of drug-likeness (QED) is 0.484. The van der Waals surface area contributed by atoms with Gasteiger partial charge in [0.25, 0.3) is 0 Å². The molecule has 0 saturated carbocycles. The lowest BCUT2D eigenvalue weighted by atomic mass is 10.0. The highest BCUT2D eigenvalue weighted by molar-refractivity contribution is 5.89. The van der Waals surface area contributed by atoms with Gasteiger partial charge in [-0.2, -0.15) is 0 Å². The standard InChI is InChI=1S/C28H34N2O2/c1-4-21(2)29-28(32)22(3)30(20-19-23-11-6-5-7-12-23)27(31)18-17-25-15-10-14-24-13-8-9-16-26(24)25/h5-16,21-22H,4,17-20H2,1-3H3,(H,29,32)/t21-,22+/m0/s1. The van der Waals surface area contributed by atoms with Crippen molar-refractivity contribution in [2.75, 3.05) is 6.54 Å². The molecule has 0 heterocycles. The van der Waals surface area contributed by atoms with Crippen LogP contribution in [0.5, 0.6) is 0 Å². The number of hydrogen-bond acceptors (Lipinski definition) is 2. The fourth-order valence-corrected chi connectivity index (χ4v) is 3.93. The molecule has 3 aromatic carbocycles. The minimum Gasteiger partial charge on any atom is -0.352 e. The van der Waals surface area contributed by atoms with E-state index >= 15 is 0 Å². The minimum atomic E-state index is -0.507. The van der Waals surface area contributed by atoms with Gasteiger partial charge in [0.2, 0.25) is 11.8 Å². The Balaban J connectivity index is 1.73. The van der Waals surface area contributed by atoms with Gasteiger partial charge in [0.05, 0.1) is 0 Å². The predicted molar refractivity (Wildman–Crippen MR) is 131 cm³/mol. The van der Waals surface area contributed by atoms with Gasteiger partial charge in [-0.1, -0.05) is 79.7 Å². The van der Waals surface area contributed by atoms with Crippen molar-refractivity contribution in [3.8, 4) is 0 Å². The number of aryl methyl sites for hydroxylation is 1. The highest BCUT2D eigenvalue weighted by atomic mass is 16.2. The van der Waals surface area contributed by atoms with Crippen LogP contribution in [0.4, 0.5) is 0 Å². The average molecular weight is 431 g/mol. The summed E-state index contributed by atoms with van der Waals surface area (Å²) in [7, 11) is 0. The summed E-state index contributed by atoms with van der Waals surface area (Å²) in [6.07, 6.45) is 2.62. The van der Waals surface area contributed by atoms with Gasteiger partial charge >= 0.3 is 0 Å². The Morgan fingerprint density at radius 1 is 0.875 bits per heavy atom. The zero-order valence-corrected chi connectivity index (χ0v) is 19.4. The van der Waals surface area contributed by atoms with Crippen LogP contribution < -0.4 is 5.32 Å². The van der Waals surface area contributed by atoms with Crippen LogP contribution in [0, 0.1) is 0 Å². The van der Waals surface area contributed by atoms with E-state index in [1.54, 1.807) is 4.90 Å². The number of benzene rings is 3. The fourth-order valence-electron chi connectivity index (χ4n) is 3.93. The number of nitrogens with one attached hydrogen (secondary N) is 1. The molecule has 0 aromatic heterocycles. The number of nitrogens with zero attached hydrogens (tertiary/aromatic N) is 1. The first-order chi connectivity index (χ1) is 15.5. The van der Waals surface area contributed by atoms with Gasteiger partial charge in [0.1, 0.15) is 6.04 Å². The molecule has 2 amide bonds. The Kier molecular flexibility index (Phi) is 8.43. The number of carbonyl (C=O) groups is 2. The molecule has 168 valence electrons. The van der Waals surface area contributed by atoms with E-state index in [0.717, 1.165) is 24.0 Å². The molecule has 4 heteroatoms. The summed E-state index contributed by atoms with van der Waals surface area (Å²) in [5.41, 5.74) is 2.32. The van der Waals surface area contributed by atoms with Crippen LogP contribution in [0.1, 0.15) is 44.7 Å². The summed E-state index contributed by atoms with van der Waals surface area (Å²) in [6.45, 7) is 6.38. The monoisotopic (exact) mass is 430 g/mol. The van der Waals surface area contributed by atoms with Gasteiger partial charge in [0, 0.05) is 19.0 Å². The Morgan fingerprint density at radius 3 is 2.31 bits per heavy atom. The SMILES string of the molecule is CC[C@H](C)NC(=O)[C@@H](C)N(CCc1ccccc1)C(=O)CCc1cccc2ccccc12. The van der Waals surface area contributed by atoms with Crippen LogP contribution in [0.15, 0.2) is 72.8 Å². The maximum Gasteiger partial charge on any atom is 0.242 e. The van der Waals surface area contributed by atoms with Crippen molar-refractivity contribution in [3.63, 3.8) is 0 Å². The van der Waals surface area contributed by atoms with Gasteiger partial charge in [-0.15, -0.1) is 0 Å². The zero-order chi connectivity index (χ0) is 22.9. The minimum absolute atomic E-state index is 0.0145. The third-order valence-corrected chi connectivity index (χ3v) is 6.14. The molecule has 0 aliphatic heterocycles. The van der Waals surface area contributed by atoms with E-state index in [4.69, 9.17) is 0 Å². The molecule has 0 saturated heterocycles. The summed E-state index contributed by atoms with van der Waals surface area (Å²) in [6, 6.07) is 24.2. The highest BCUT2D eigenvalue weighted by Crippen LogP contribution is 2.20. The number of rotatable bonds is 10. The fraction of sp³-hybridized carbons (Fsp3) is 0.357. The molecular weight excluding hydrogens is 396 g/mol. The third-order valence-electron chi connectivity index (χ3n) is 6.14. The van der Waals surface area contributed by atoms with E-state index in [1.807, 2.05) is 57.2 Å². The van der Waals surface area contributed by atoms with Crippen molar-refractivity contribution in [3.05, 3.63) is 83.9 Å². The Hall–Kier alpha value is -3.14. The van der Waals surface area contributed by atoms with Crippen LogP contribution in [-0.2, 0) is 22.4 Å². The molecule has 0 spiro atoms. The third kappa shape index (κ3) is 6.19. The van der Waals surface area contributed by atoms with E-state index in [9.17, 15) is 9.59 Å². The Labute approximate surface area is 191 Å². The molecule has 0 unspecified atom stereocenters. The second kappa shape index (κ2) is 11.5. The van der Waals surface area contributed by atoms with E-state index < -0.39 is 6.04 Å². The topological polar surface area (TPSA) is 49.4 Å². The van der Waals surface area contributed by atoms with Gasteiger partial charge in [-0.05, 0) is 55.0 Å². The average Bonchev–Trinajstić information content (AvgIpc) is 2.83. The normalized spacial score (nSPS) is 12.8. The zero-order valence-electron chi connectivity index (χ0n) is 19.4. The molecule has 0 fully saturated rings. The molecule has 0 aliphatic rings. The molecule has 4 nitrogen and oxygen atoms in total. The lowest BCUT2D eigenvalue weighted by molar-refractivity contribution is -0.140. The van der Waals surface area contributed by atoms with Crippen molar-refractivity contribution >= 4 is 22.6 Å². The number of amides is 2. The molecule has 32 heavy (non-hydrogen) atoms. The van der Waals surface area contributed by atoms with Crippen LogP contribution in [-0.4, -0.2) is 35.3 Å². The second-order valence-corrected chi connectivity index (χ2v) is 8.45. The summed E-state index contributed by atoms with van der Waals surface area (Å²) in [4.78, 5) is 27.9. The lowest BCUT2D eigenvalue weighted by Gasteiger charge is -2.30. The predicted octanol–water partition coefficient (Wildman–Crippen LogP) is 5.15. The van der Waals surface area contributed by atoms with Crippen molar-refractivity contribution in [2.45, 2.75) is 58.5 Å². The largest absolute Gasteiger partial charge is 0.352 e. The maximum atomic E-state index is 13.3. The lowest BCUT2D eigenvalue weighted by Crippen LogP contribution is -2.50. The molecule has 1 N–H and O–H groups in total. The maximum absolute atomic E-state index is 13.3. The van der Waals surface area contributed by atoms with Gasteiger partial charge in [0.15, 0.2) is 0 Å². The van der Waals surface area contributed by atoms with Gasteiger partial charge in [-0.25, -0.2) is 0 Å². The summed E-state index contributed by atoms with van der Waals surface area (Å²) < 4.78 is 0. The molecule has 0 aliphatic carbocycles. The summed E-state index contributed by atoms with van der Waals surface area (Å²) in [5.74, 6) is -0.0772. The molecule has 0 radical (unpaired) electrons. The summed E-state index contributed by atoms with van der Waals surface area (Å²) >= 11 is 0. The van der Waals surface area contributed by atoms with Gasteiger partial charge in [-0.3, -0.25) is 9.59 Å². The molecule has 3 aromatic rings. The van der Waals surface area contributed by atoms with Crippen molar-refractivity contribution in [1.82, 2.24) is 10.2 Å². The number of carbonyl (C=O) groups excluding carboxylic acids is 2. The van der Waals surface area contributed by atoms with Crippen LogP contribution >= 0.6 is 0 Å². The molecular formula is C28H34N2O2. The van der Waals surface area contributed by atoms with Crippen molar-refractivity contribution in [1.29, 1.82) is 0 Å². The van der Waals surface area contributed by atoms with Crippen LogP contribution in [0.2, 0.25) is 0 Å². The van der Waals surface area contributed by atoms with Crippen LogP contribution in [0.25, 0.3) is 10.8 Å². The Morgan fingerprint density at radius 2 is 1.56 bits per heavy atom. The van der Waals surface area contributed by atoms with E-state index in [-0.39, 0.29) is 17.9 Å². The number of hydrogen-bond donors (Lipinski definition) is 1. The summed E-state index contributed by atoms with van der Waals surface area (Å²) in [5, 5.41) is 5.39. The second-order valence-electron chi connectivity index (χ2n) is 8.45. The van der Waals surface area contributed by atoms with Crippen LogP contribution in [0.3, 0.4) is 0 Å². The van der Waals surface area contributed by atoms with E-state index in [1.165, 1.54) is 10.8 Å². The molecule has 3 rings (SSSR count). The van der Waals surface area contributed by atoms with Crippen molar-refractivity contribution < 1.29 is 9.59 Å². The number of fused-ring (bicyclic) bond motifs is 1. The molecule has 0 bridgehead atoms. The first-order valence-corrected chi connectivity index (χ1v) is 11.6. The highest BCUT2D eigenvalue weighted by Gasteiger charge is 2.26. The first-order valence-electron chi connectivity index (χ1n) is 11.6. The van der Waals surface area contributed by atoms with Crippen molar-refractivity contribution in [2.24, 2.45) is 0 Å². The first kappa shape index (κ1) is 23.5. The van der Waals surface area contributed by atoms with E-state index in [2.05, 4.69) is 41.7 Å². The van der Waals surface area contributed by atoms with Gasteiger partial charge < -0.3 is 10.2 Å². The smallest absolute Gasteiger partial charge is 0.242 e. The molecule has 2 atom stereocenters.